The predicted molar refractivity (Wildman–Crippen MR) is 176 cm³/mol. The van der Waals surface area contributed by atoms with Crippen molar-refractivity contribution in [2.45, 2.75) is 57.0 Å². The third-order valence-corrected chi connectivity index (χ3v) is 12.3. The summed E-state index contributed by atoms with van der Waals surface area (Å²) in [6.45, 7) is 0.528. The average molecular weight is 776 g/mol. The van der Waals surface area contributed by atoms with Gasteiger partial charge >= 0.3 is 29.2 Å². The molecule has 8 atom stereocenters. The van der Waals surface area contributed by atoms with Gasteiger partial charge in [-0.25, -0.2) is 23.5 Å². The molecule has 270 valence electrons. The quantitative estimate of drug-likeness (QED) is 0.132. The van der Waals surface area contributed by atoms with Crippen molar-refractivity contribution in [3.63, 3.8) is 0 Å². The molecule has 2 aromatic heterocycles. The van der Waals surface area contributed by atoms with Gasteiger partial charge in [-0.05, 0) is 30.5 Å². The molecule has 8 unspecified atom stereocenters. The lowest BCUT2D eigenvalue weighted by molar-refractivity contribution is -0.153. The number of aromatic nitrogens is 3. The minimum absolute atomic E-state index is 0.265. The van der Waals surface area contributed by atoms with E-state index in [2.05, 4.69) is 18.1 Å². The summed E-state index contributed by atoms with van der Waals surface area (Å²) < 4.78 is 75.6. The first kappa shape index (κ1) is 37.2. The molecule has 0 radical (unpaired) electrons. The zero-order valence-electron chi connectivity index (χ0n) is 26.2. The SMILES string of the molecule is CCCOP(=O)(O)OP(=O)(O)OP(=O)(O)OCC1OC(n2ccc3nc(-c4ccccc4Cl)cn3c2=O)C2OC(CCc3ccccc3)OC12. The lowest BCUT2D eigenvalue weighted by atomic mass is 10.1. The summed E-state index contributed by atoms with van der Waals surface area (Å²) in [6.07, 6.45) is -0.644. The Balaban J connectivity index is 1.22. The summed E-state index contributed by atoms with van der Waals surface area (Å²) in [7, 11) is -16.2. The van der Waals surface area contributed by atoms with Crippen molar-refractivity contribution in [1.29, 1.82) is 0 Å². The number of halogens is 1. The van der Waals surface area contributed by atoms with E-state index in [-0.39, 0.29) is 13.0 Å². The highest BCUT2D eigenvalue weighted by Crippen LogP contribution is 2.67. The van der Waals surface area contributed by atoms with Crippen molar-refractivity contribution >= 4 is 40.7 Å². The second-order valence-corrected chi connectivity index (χ2v) is 16.3. The van der Waals surface area contributed by atoms with Crippen LogP contribution in [0, 0.1) is 0 Å². The van der Waals surface area contributed by atoms with Gasteiger partial charge in [0.15, 0.2) is 12.5 Å². The standard InChI is InChI=1S/C29H33ClN3O14P3/c1-2-16-41-48(35,36)46-50(39,40)47-49(37,38)42-18-23-26-27(45-25(44-26)13-12-19-8-4-3-5-9-19)28(43-23)32-15-14-24-31-22(17-33(24)29(32)34)20-10-6-7-11-21(20)30/h3-11,14-15,17,23,25-28H,2,12-13,16,18H2,1H3,(H,35,36)(H,37,38)(H,39,40). The van der Waals surface area contributed by atoms with E-state index in [9.17, 15) is 33.2 Å². The zero-order valence-corrected chi connectivity index (χ0v) is 29.7. The topological polar surface area (TPSA) is 216 Å². The van der Waals surface area contributed by atoms with Gasteiger partial charge in [0, 0.05) is 24.4 Å². The molecule has 0 spiro atoms. The monoisotopic (exact) mass is 775 g/mol. The number of fused-ring (bicyclic) bond motifs is 2. The van der Waals surface area contributed by atoms with Gasteiger partial charge in [0.05, 0.1) is 23.9 Å². The largest absolute Gasteiger partial charge is 0.490 e. The first-order valence-electron chi connectivity index (χ1n) is 15.3. The Hall–Kier alpha value is -2.56. The lowest BCUT2D eigenvalue weighted by Gasteiger charge is -2.22. The number of ether oxygens (including phenoxy) is 3. The number of benzene rings is 2. The van der Waals surface area contributed by atoms with Crippen LogP contribution in [0.3, 0.4) is 0 Å². The van der Waals surface area contributed by atoms with E-state index in [0.717, 1.165) is 5.56 Å². The Labute approximate surface area is 290 Å². The molecule has 2 fully saturated rings. The van der Waals surface area contributed by atoms with Crippen LogP contribution in [0.1, 0.15) is 31.6 Å². The Morgan fingerprint density at radius 1 is 0.880 bits per heavy atom. The third-order valence-electron chi connectivity index (χ3n) is 7.66. The number of phosphoric ester groups is 2. The maximum Gasteiger partial charge on any atom is 0.490 e. The maximum absolute atomic E-state index is 13.8. The van der Waals surface area contributed by atoms with Gasteiger partial charge in [-0.2, -0.15) is 8.62 Å². The lowest BCUT2D eigenvalue weighted by Crippen LogP contribution is -2.35. The fraction of sp³-hybridized carbons (Fsp3) is 0.379. The van der Waals surface area contributed by atoms with E-state index >= 15 is 0 Å². The molecule has 3 N–H and O–H groups in total. The van der Waals surface area contributed by atoms with E-state index < -0.39 is 66.6 Å². The van der Waals surface area contributed by atoms with Gasteiger partial charge in [0.2, 0.25) is 0 Å². The second-order valence-electron chi connectivity index (χ2n) is 11.3. The van der Waals surface area contributed by atoms with Crippen LogP contribution in [0.5, 0.6) is 0 Å². The molecular weight excluding hydrogens is 743 g/mol. The van der Waals surface area contributed by atoms with Crippen LogP contribution < -0.4 is 5.69 Å². The Morgan fingerprint density at radius 2 is 1.56 bits per heavy atom. The summed E-state index contributed by atoms with van der Waals surface area (Å²) in [4.78, 5) is 48.0. The molecule has 0 saturated carbocycles. The van der Waals surface area contributed by atoms with Crippen molar-refractivity contribution in [2.75, 3.05) is 13.2 Å². The molecule has 21 heteroatoms. The molecule has 50 heavy (non-hydrogen) atoms. The van der Waals surface area contributed by atoms with Crippen molar-refractivity contribution in [2.24, 2.45) is 0 Å². The number of aryl methyl sites for hydroxylation is 1. The Kier molecular flexibility index (Phi) is 11.3. The third kappa shape index (κ3) is 8.72. The number of hydrogen-bond donors (Lipinski definition) is 3. The highest BCUT2D eigenvalue weighted by atomic mass is 35.5. The smallest absolute Gasteiger partial charge is 0.346 e. The molecule has 4 aromatic rings. The highest BCUT2D eigenvalue weighted by Gasteiger charge is 2.54. The highest BCUT2D eigenvalue weighted by molar-refractivity contribution is 7.66. The minimum atomic E-state index is -5.66. The van der Waals surface area contributed by atoms with Gasteiger partial charge < -0.3 is 28.9 Å². The number of imidazole rings is 1. The molecule has 2 aliphatic rings. The number of rotatable bonds is 15. The first-order chi connectivity index (χ1) is 23.7. The van der Waals surface area contributed by atoms with E-state index in [1.54, 1.807) is 37.3 Å². The van der Waals surface area contributed by atoms with Gasteiger partial charge in [0.25, 0.3) is 0 Å². The van der Waals surface area contributed by atoms with Crippen LogP contribution in [0.15, 0.2) is 77.9 Å². The van der Waals surface area contributed by atoms with E-state index in [4.69, 9.17) is 30.3 Å². The predicted octanol–water partition coefficient (Wildman–Crippen LogP) is 5.23. The molecule has 4 heterocycles. The molecular formula is C29H33ClN3O14P3. The summed E-state index contributed by atoms with van der Waals surface area (Å²) >= 11 is 6.35. The van der Waals surface area contributed by atoms with Crippen LogP contribution in [-0.4, -0.2) is 66.4 Å². The minimum Gasteiger partial charge on any atom is -0.346 e. The fourth-order valence-corrected chi connectivity index (χ4v) is 9.35. The van der Waals surface area contributed by atoms with Gasteiger partial charge in [0.1, 0.15) is 24.0 Å². The van der Waals surface area contributed by atoms with Crippen LogP contribution in [-0.2, 0) is 52.0 Å². The van der Waals surface area contributed by atoms with Gasteiger partial charge in [-0.1, -0.05) is 67.1 Å². The molecule has 0 amide bonds. The zero-order chi connectivity index (χ0) is 35.7. The summed E-state index contributed by atoms with van der Waals surface area (Å²) in [6, 6.07) is 18.2. The molecule has 6 rings (SSSR count). The Morgan fingerprint density at radius 3 is 2.28 bits per heavy atom. The van der Waals surface area contributed by atoms with Gasteiger partial charge in [-0.3, -0.25) is 18.0 Å². The molecule has 2 aliphatic heterocycles. The van der Waals surface area contributed by atoms with Crippen molar-refractivity contribution in [1.82, 2.24) is 14.0 Å². The van der Waals surface area contributed by atoms with Crippen LogP contribution in [0.25, 0.3) is 16.9 Å². The summed E-state index contributed by atoms with van der Waals surface area (Å²) in [5.74, 6) is 0. The normalized spacial score (nSPS) is 25.6. The molecule has 2 saturated heterocycles. The van der Waals surface area contributed by atoms with E-state index in [1.807, 2.05) is 30.3 Å². The fourth-order valence-electron chi connectivity index (χ4n) is 5.51. The number of hydrogen-bond acceptors (Lipinski definition) is 12. The van der Waals surface area contributed by atoms with E-state index in [0.29, 0.717) is 34.8 Å². The van der Waals surface area contributed by atoms with Crippen molar-refractivity contribution in [3.8, 4) is 11.3 Å². The number of nitrogens with zero attached hydrogens (tertiary/aromatic N) is 3. The van der Waals surface area contributed by atoms with Crippen molar-refractivity contribution in [3.05, 3.63) is 94.1 Å². The van der Waals surface area contributed by atoms with Crippen LogP contribution in [0.4, 0.5) is 0 Å². The maximum atomic E-state index is 13.8. The molecule has 0 bridgehead atoms. The number of phosphoric acid groups is 3. The second kappa shape index (κ2) is 15.2. The van der Waals surface area contributed by atoms with Crippen LogP contribution in [0.2, 0.25) is 5.02 Å². The molecule has 17 nitrogen and oxygen atoms in total. The summed E-state index contributed by atoms with van der Waals surface area (Å²) in [5.41, 5.74) is 1.89. The molecule has 0 aliphatic carbocycles. The Bertz CT molecular complexity index is 2030. The first-order valence-corrected chi connectivity index (χ1v) is 20.2. The summed E-state index contributed by atoms with van der Waals surface area (Å²) in [5, 5.41) is 0.448. The van der Waals surface area contributed by atoms with E-state index in [1.165, 1.54) is 21.4 Å². The van der Waals surface area contributed by atoms with Gasteiger partial charge in [-0.15, -0.1) is 0 Å². The average Bonchev–Trinajstić information content (AvgIpc) is 3.76. The van der Waals surface area contributed by atoms with Crippen molar-refractivity contribution < 1.29 is 60.3 Å². The molecule has 2 aromatic carbocycles. The van der Waals surface area contributed by atoms with Crippen LogP contribution >= 0.6 is 35.1 Å².